The number of halogens is 2. The van der Waals surface area contributed by atoms with Gasteiger partial charge in [0.25, 0.3) is 0 Å². The average molecular weight is 173 g/mol. The van der Waals surface area contributed by atoms with Gasteiger partial charge in [-0.15, -0.1) is 0 Å². The molecular weight excluding hydrogens is 167 g/mol. The van der Waals surface area contributed by atoms with Crippen LogP contribution < -0.4 is 0 Å². The van der Waals surface area contributed by atoms with Crippen LogP contribution in [-0.4, -0.2) is 0 Å². The zero-order valence-corrected chi connectivity index (χ0v) is 6.73. The molecule has 0 aliphatic rings. The second-order valence-electron chi connectivity index (χ2n) is 1.81. The lowest BCUT2D eigenvalue weighted by Gasteiger charge is -1.93. The van der Waals surface area contributed by atoms with Crippen LogP contribution >= 0.6 is 23.2 Å². The van der Waals surface area contributed by atoms with Gasteiger partial charge in [0.2, 0.25) is 0 Å². The maximum atomic E-state index is 5.79. The Morgan fingerprint density at radius 2 is 1.90 bits per heavy atom. The third kappa shape index (κ3) is 1.76. The fourth-order valence-corrected chi connectivity index (χ4v) is 1.01. The van der Waals surface area contributed by atoms with E-state index in [0.29, 0.717) is 0 Å². The molecule has 0 fully saturated rings. The molecule has 0 N–H and O–H groups in total. The first-order valence-electron chi connectivity index (χ1n) is 2.86. The van der Waals surface area contributed by atoms with Crippen molar-refractivity contribution < 1.29 is 0 Å². The Kier molecular flexibility index (Phi) is 2.79. The highest BCUT2D eigenvalue weighted by atomic mass is 35.5. The van der Waals surface area contributed by atoms with Gasteiger partial charge in [-0.25, -0.2) is 0 Å². The van der Waals surface area contributed by atoms with Crippen molar-refractivity contribution >= 4 is 29.3 Å². The predicted octanol–water partition coefficient (Wildman–Crippen LogP) is 3.55. The molecule has 1 rings (SSSR count). The van der Waals surface area contributed by atoms with Gasteiger partial charge in [0.15, 0.2) is 0 Å². The molecule has 0 radical (unpaired) electrons. The van der Waals surface area contributed by atoms with Gasteiger partial charge >= 0.3 is 0 Å². The lowest BCUT2D eigenvalue weighted by Crippen LogP contribution is -1.70. The minimum absolute atomic E-state index is 0.722. The quantitative estimate of drug-likeness (QED) is 0.609. The first-order valence-corrected chi connectivity index (χ1v) is 3.67. The lowest BCUT2D eigenvalue weighted by molar-refractivity contribution is 1.66. The first kappa shape index (κ1) is 7.64. The van der Waals surface area contributed by atoms with E-state index in [1.165, 1.54) is 5.54 Å². The van der Waals surface area contributed by atoms with E-state index in [4.69, 9.17) is 23.2 Å². The van der Waals surface area contributed by atoms with Crippen LogP contribution in [0.1, 0.15) is 5.56 Å². The third-order valence-corrected chi connectivity index (χ3v) is 1.62. The van der Waals surface area contributed by atoms with Gasteiger partial charge in [-0.2, -0.15) is 0 Å². The second kappa shape index (κ2) is 3.65. The fourth-order valence-electron chi connectivity index (χ4n) is 0.678. The molecule has 0 nitrogen and oxygen atoms in total. The number of rotatable bonds is 1. The fraction of sp³-hybridized carbons (Fsp3) is 0. The molecule has 0 unspecified atom stereocenters. The van der Waals surface area contributed by atoms with Crippen LogP contribution in [-0.2, 0) is 0 Å². The molecule has 1 aromatic rings. The van der Waals surface area contributed by atoms with Crippen LogP contribution in [0, 0.1) is 0 Å². The smallest absolute Gasteiger partial charge is 0.0478 e. The van der Waals surface area contributed by atoms with Gasteiger partial charge < -0.3 is 0 Å². The van der Waals surface area contributed by atoms with Crippen molar-refractivity contribution in [3.63, 3.8) is 0 Å². The zero-order chi connectivity index (χ0) is 7.40. The average Bonchev–Trinajstić information content (AvgIpc) is 1.94. The second-order valence-corrected chi connectivity index (χ2v) is 2.47. The van der Waals surface area contributed by atoms with Crippen molar-refractivity contribution in [1.82, 2.24) is 0 Å². The molecule has 0 amide bonds. The van der Waals surface area contributed by atoms with Crippen LogP contribution in [0.4, 0.5) is 0 Å². The number of benzene rings is 1. The van der Waals surface area contributed by atoms with Crippen LogP contribution in [0.5, 0.6) is 0 Å². The zero-order valence-electron chi connectivity index (χ0n) is 5.22. The van der Waals surface area contributed by atoms with Crippen LogP contribution in [0.15, 0.2) is 29.8 Å². The van der Waals surface area contributed by atoms with E-state index in [0.717, 1.165) is 10.6 Å². The van der Waals surface area contributed by atoms with Crippen molar-refractivity contribution in [3.05, 3.63) is 40.4 Å². The van der Waals surface area contributed by atoms with Crippen molar-refractivity contribution in [3.8, 4) is 0 Å². The standard InChI is InChI=1S/C8H6Cl2/c9-6-5-7-3-1-2-4-8(7)10/h1-6H. The Balaban J connectivity index is 3.03. The summed E-state index contributed by atoms with van der Waals surface area (Å²) in [5.74, 6) is 0. The summed E-state index contributed by atoms with van der Waals surface area (Å²) in [4.78, 5) is 0. The van der Waals surface area contributed by atoms with Crippen LogP contribution in [0.2, 0.25) is 5.02 Å². The van der Waals surface area contributed by atoms with Crippen LogP contribution in [0.3, 0.4) is 0 Å². The molecular formula is C8H6Cl2. The van der Waals surface area contributed by atoms with E-state index in [1.54, 1.807) is 6.08 Å². The summed E-state index contributed by atoms with van der Waals surface area (Å²) in [5, 5.41) is 0.722. The molecule has 0 aliphatic heterocycles. The molecule has 52 valence electrons. The number of hydrogen-bond acceptors (Lipinski definition) is 0. The summed E-state index contributed by atoms with van der Waals surface area (Å²) in [6.45, 7) is 0. The predicted molar refractivity (Wildman–Crippen MR) is 46.3 cm³/mol. The van der Waals surface area contributed by atoms with Crippen molar-refractivity contribution in [2.45, 2.75) is 0 Å². The third-order valence-electron chi connectivity index (χ3n) is 1.15. The Labute approximate surface area is 70.1 Å². The maximum absolute atomic E-state index is 5.79. The summed E-state index contributed by atoms with van der Waals surface area (Å²) < 4.78 is 0. The van der Waals surface area contributed by atoms with Gasteiger partial charge in [-0.3, -0.25) is 0 Å². The molecule has 2 heteroatoms. The first-order chi connectivity index (χ1) is 4.84. The SMILES string of the molecule is ClC=Cc1ccccc1Cl. The Morgan fingerprint density at radius 1 is 1.20 bits per heavy atom. The highest BCUT2D eigenvalue weighted by Crippen LogP contribution is 2.16. The molecule has 0 aromatic heterocycles. The molecule has 0 atom stereocenters. The van der Waals surface area contributed by atoms with E-state index >= 15 is 0 Å². The summed E-state index contributed by atoms with van der Waals surface area (Å²) in [7, 11) is 0. The van der Waals surface area contributed by atoms with E-state index < -0.39 is 0 Å². The monoisotopic (exact) mass is 172 g/mol. The minimum Gasteiger partial charge on any atom is -0.0929 e. The molecule has 0 aliphatic carbocycles. The summed E-state index contributed by atoms with van der Waals surface area (Å²) in [5.41, 5.74) is 2.39. The van der Waals surface area contributed by atoms with Crippen molar-refractivity contribution in [2.24, 2.45) is 0 Å². The highest BCUT2D eigenvalue weighted by molar-refractivity contribution is 6.32. The van der Waals surface area contributed by atoms with Gasteiger partial charge in [-0.05, 0) is 17.7 Å². The van der Waals surface area contributed by atoms with Crippen LogP contribution in [0.25, 0.3) is 6.08 Å². The topological polar surface area (TPSA) is 0 Å². The number of hydrogen-bond donors (Lipinski definition) is 0. The van der Waals surface area contributed by atoms with E-state index in [-0.39, 0.29) is 0 Å². The molecule has 1 aromatic carbocycles. The summed E-state index contributed by atoms with van der Waals surface area (Å²) in [6, 6.07) is 7.53. The maximum Gasteiger partial charge on any atom is 0.0478 e. The molecule has 0 bridgehead atoms. The normalized spacial score (nSPS) is 10.6. The minimum atomic E-state index is 0.722. The van der Waals surface area contributed by atoms with Crippen molar-refractivity contribution in [1.29, 1.82) is 0 Å². The summed E-state index contributed by atoms with van der Waals surface area (Å²) in [6.07, 6.45) is 1.75. The van der Waals surface area contributed by atoms with Gasteiger partial charge in [0.05, 0.1) is 0 Å². The van der Waals surface area contributed by atoms with E-state index in [9.17, 15) is 0 Å². The van der Waals surface area contributed by atoms with E-state index in [1.807, 2.05) is 24.3 Å². The molecule has 10 heavy (non-hydrogen) atoms. The molecule has 0 heterocycles. The lowest BCUT2D eigenvalue weighted by atomic mass is 10.2. The summed E-state index contributed by atoms with van der Waals surface area (Å²) >= 11 is 11.2. The Morgan fingerprint density at radius 3 is 2.50 bits per heavy atom. The largest absolute Gasteiger partial charge is 0.0929 e. The van der Waals surface area contributed by atoms with Gasteiger partial charge in [0.1, 0.15) is 0 Å². The molecule has 0 saturated heterocycles. The van der Waals surface area contributed by atoms with Crippen molar-refractivity contribution in [2.75, 3.05) is 0 Å². The Hall–Kier alpha value is -0.460. The van der Waals surface area contributed by atoms with Gasteiger partial charge in [0, 0.05) is 10.6 Å². The van der Waals surface area contributed by atoms with Gasteiger partial charge in [-0.1, -0.05) is 41.4 Å². The molecule has 0 saturated carbocycles. The highest BCUT2D eigenvalue weighted by Gasteiger charge is 1.90. The van der Waals surface area contributed by atoms with E-state index in [2.05, 4.69) is 0 Å². The Bertz CT molecular complexity index is 241. The molecule has 0 spiro atoms.